The molecule has 3 rings (SSSR count). The maximum atomic E-state index is 11.5. The van der Waals surface area contributed by atoms with Crippen molar-refractivity contribution in [3.63, 3.8) is 0 Å². The molecule has 0 aliphatic carbocycles. The molecule has 0 spiro atoms. The van der Waals surface area contributed by atoms with E-state index in [0.717, 1.165) is 12.2 Å². The summed E-state index contributed by atoms with van der Waals surface area (Å²) in [4.78, 5) is 19.6. The van der Waals surface area contributed by atoms with Crippen LogP contribution in [0, 0.1) is 0 Å². The molecule has 0 fully saturated rings. The van der Waals surface area contributed by atoms with E-state index < -0.39 is 0 Å². The first-order valence-electron chi connectivity index (χ1n) is 4.60. The van der Waals surface area contributed by atoms with Crippen molar-refractivity contribution in [1.29, 1.82) is 0 Å². The first-order chi connectivity index (χ1) is 7.34. The monoisotopic (exact) mass is 204 g/mol. The third-order valence-corrected chi connectivity index (χ3v) is 2.21. The van der Waals surface area contributed by atoms with Crippen LogP contribution in [0.5, 0.6) is 5.88 Å². The summed E-state index contributed by atoms with van der Waals surface area (Å²) in [5, 5.41) is 3.11. The Morgan fingerprint density at radius 1 is 1.53 bits per heavy atom. The van der Waals surface area contributed by atoms with Crippen LogP contribution in [0.2, 0.25) is 0 Å². The molecule has 0 atom stereocenters. The van der Waals surface area contributed by atoms with Gasteiger partial charge in [0, 0.05) is 25.0 Å². The van der Waals surface area contributed by atoms with Crippen molar-refractivity contribution in [2.45, 2.75) is 0 Å². The Labute approximate surface area is 84.5 Å². The van der Waals surface area contributed by atoms with Crippen molar-refractivity contribution in [2.24, 2.45) is 0 Å². The van der Waals surface area contributed by atoms with E-state index in [1.807, 2.05) is 0 Å². The molecule has 0 saturated heterocycles. The van der Waals surface area contributed by atoms with Crippen LogP contribution in [-0.4, -0.2) is 27.5 Å². The Hall–Kier alpha value is -2.11. The van der Waals surface area contributed by atoms with E-state index in [0.29, 0.717) is 18.3 Å². The van der Waals surface area contributed by atoms with Gasteiger partial charge in [-0.1, -0.05) is 0 Å². The summed E-state index contributed by atoms with van der Waals surface area (Å²) >= 11 is 0. The smallest absolute Gasteiger partial charge is 0.259 e. The second-order valence-corrected chi connectivity index (χ2v) is 3.19. The lowest BCUT2D eigenvalue weighted by molar-refractivity contribution is 0.310. The van der Waals surface area contributed by atoms with E-state index in [2.05, 4.69) is 15.3 Å². The minimum absolute atomic E-state index is 0.150. The summed E-state index contributed by atoms with van der Waals surface area (Å²) in [7, 11) is 0. The highest BCUT2D eigenvalue weighted by molar-refractivity contribution is 5.55. The van der Waals surface area contributed by atoms with Crippen molar-refractivity contribution in [3.05, 3.63) is 28.8 Å². The van der Waals surface area contributed by atoms with E-state index in [9.17, 15) is 4.79 Å². The summed E-state index contributed by atoms with van der Waals surface area (Å²) in [6.07, 6.45) is 3.10. The zero-order valence-corrected chi connectivity index (χ0v) is 7.80. The lowest BCUT2D eigenvalue weighted by atomic mass is 10.4. The summed E-state index contributed by atoms with van der Waals surface area (Å²) in [5.41, 5.74) is 0.575. The summed E-state index contributed by atoms with van der Waals surface area (Å²) in [6.45, 7) is 1.29. The number of ether oxygens (including phenoxy) is 1. The van der Waals surface area contributed by atoms with Crippen LogP contribution in [0.25, 0.3) is 5.78 Å². The van der Waals surface area contributed by atoms with E-state index in [1.54, 1.807) is 6.20 Å². The molecule has 0 bridgehead atoms. The molecule has 15 heavy (non-hydrogen) atoms. The molecule has 2 aromatic rings. The predicted molar refractivity (Wildman–Crippen MR) is 53.2 cm³/mol. The van der Waals surface area contributed by atoms with Gasteiger partial charge in [0.25, 0.3) is 5.56 Å². The van der Waals surface area contributed by atoms with Gasteiger partial charge in [0.2, 0.25) is 11.7 Å². The number of fused-ring (bicyclic) bond motifs is 2. The fourth-order valence-electron chi connectivity index (χ4n) is 1.51. The third-order valence-electron chi connectivity index (χ3n) is 2.21. The number of nitrogens with one attached hydrogen (secondary N) is 1. The van der Waals surface area contributed by atoms with Crippen LogP contribution in [0.1, 0.15) is 0 Å². The second-order valence-electron chi connectivity index (χ2n) is 3.19. The zero-order valence-electron chi connectivity index (χ0n) is 7.80. The largest absolute Gasteiger partial charge is 0.474 e. The van der Waals surface area contributed by atoms with Gasteiger partial charge in [0.05, 0.1) is 0 Å². The van der Waals surface area contributed by atoms with Crippen molar-refractivity contribution in [3.8, 4) is 5.88 Å². The van der Waals surface area contributed by atoms with Gasteiger partial charge in [-0.15, -0.1) is 0 Å². The molecule has 2 aromatic heterocycles. The lowest BCUT2D eigenvalue weighted by Gasteiger charge is -2.17. The molecule has 1 aliphatic heterocycles. The van der Waals surface area contributed by atoms with Crippen LogP contribution in [0.3, 0.4) is 0 Å². The predicted octanol–water partition coefficient (Wildman–Crippen LogP) is -0.106. The average Bonchev–Trinajstić information content (AvgIpc) is 2.27. The number of aromatic nitrogens is 3. The molecule has 0 aromatic carbocycles. The molecule has 6 nitrogen and oxygen atoms in total. The quantitative estimate of drug-likeness (QED) is 0.648. The molecule has 1 N–H and O–H groups in total. The SMILES string of the molecule is O=c1ccnc2nc3c(cn12)NCCO3. The van der Waals surface area contributed by atoms with Gasteiger partial charge in [0.1, 0.15) is 12.3 Å². The zero-order chi connectivity index (χ0) is 10.3. The minimum Gasteiger partial charge on any atom is -0.474 e. The average molecular weight is 204 g/mol. The van der Waals surface area contributed by atoms with E-state index in [1.165, 1.54) is 16.7 Å². The maximum absolute atomic E-state index is 11.5. The van der Waals surface area contributed by atoms with Crippen molar-refractivity contribution in [2.75, 3.05) is 18.5 Å². The van der Waals surface area contributed by atoms with E-state index >= 15 is 0 Å². The molecular weight excluding hydrogens is 196 g/mol. The van der Waals surface area contributed by atoms with Crippen LogP contribution in [0.15, 0.2) is 23.3 Å². The molecular formula is C9H8N4O2. The highest BCUT2D eigenvalue weighted by Gasteiger charge is 2.13. The lowest BCUT2D eigenvalue weighted by Crippen LogP contribution is -2.22. The highest BCUT2D eigenvalue weighted by Crippen LogP contribution is 2.23. The number of hydrogen-bond donors (Lipinski definition) is 1. The first-order valence-corrected chi connectivity index (χ1v) is 4.60. The van der Waals surface area contributed by atoms with Gasteiger partial charge in [0.15, 0.2) is 0 Å². The van der Waals surface area contributed by atoms with Crippen LogP contribution in [0.4, 0.5) is 5.69 Å². The van der Waals surface area contributed by atoms with Crippen molar-refractivity contribution >= 4 is 11.5 Å². The topological polar surface area (TPSA) is 68.5 Å². The van der Waals surface area contributed by atoms with Gasteiger partial charge >= 0.3 is 0 Å². The molecule has 0 amide bonds. The Morgan fingerprint density at radius 2 is 2.47 bits per heavy atom. The van der Waals surface area contributed by atoms with Crippen LogP contribution in [-0.2, 0) is 0 Å². The maximum Gasteiger partial charge on any atom is 0.259 e. The summed E-state index contributed by atoms with van der Waals surface area (Å²) in [5.74, 6) is 0.851. The molecule has 6 heteroatoms. The van der Waals surface area contributed by atoms with Gasteiger partial charge in [-0.3, -0.25) is 4.79 Å². The Morgan fingerprint density at radius 3 is 3.40 bits per heavy atom. The normalized spacial score (nSPS) is 14.1. The number of anilines is 1. The molecule has 76 valence electrons. The molecule has 0 unspecified atom stereocenters. The summed E-state index contributed by atoms with van der Waals surface area (Å²) < 4.78 is 6.73. The number of nitrogens with zero attached hydrogens (tertiary/aromatic N) is 3. The fraction of sp³-hybridized carbons (Fsp3) is 0.222. The summed E-state index contributed by atoms with van der Waals surface area (Å²) in [6, 6.07) is 1.39. The third kappa shape index (κ3) is 1.22. The molecule has 0 radical (unpaired) electrons. The van der Waals surface area contributed by atoms with Gasteiger partial charge in [-0.2, -0.15) is 4.98 Å². The molecule has 0 saturated carbocycles. The molecule has 3 heterocycles. The standard InChI is InChI=1S/C9H8N4O2/c14-7-1-2-11-9-12-8-6(5-13(7)9)10-3-4-15-8/h1-2,5,10H,3-4H2. The number of hydrogen-bond acceptors (Lipinski definition) is 5. The highest BCUT2D eigenvalue weighted by atomic mass is 16.5. The van der Waals surface area contributed by atoms with Gasteiger partial charge in [-0.25, -0.2) is 9.38 Å². The second kappa shape index (κ2) is 2.94. The van der Waals surface area contributed by atoms with Crippen LogP contribution >= 0.6 is 0 Å². The van der Waals surface area contributed by atoms with Gasteiger partial charge < -0.3 is 10.1 Å². The van der Waals surface area contributed by atoms with E-state index in [-0.39, 0.29) is 5.56 Å². The van der Waals surface area contributed by atoms with Crippen LogP contribution < -0.4 is 15.6 Å². The van der Waals surface area contributed by atoms with Crippen molar-refractivity contribution < 1.29 is 4.74 Å². The Kier molecular flexibility index (Phi) is 1.61. The Bertz CT molecular complexity index is 578. The fourth-order valence-corrected chi connectivity index (χ4v) is 1.51. The Balaban J connectivity index is 2.36. The minimum atomic E-state index is -0.150. The van der Waals surface area contributed by atoms with Gasteiger partial charge in [-0.05, 0) is 0 Å². The van der Waals surface area contributed by atoms with Crippen molar-refractivity contribution in [1.82, 2.24) is 14.4 Å². The molecule has 1 aliphatic rings. The first kappa shape index (κ1) is 8.22. The van der Waals surface area contributed by atoms with E-state index in [4.69, 9.17) is 4.74 Å². The number of rotatable bonds is 0.